The second-order valence-corrected chi connectivity index (χ2v) is 8.11. The molecule has 0 amide bonds. The van der Waals surface area contributed by atoms with Crippen molar-refractivity contribution in [3.8, 4) is 0 Å². The Morgan fingerprint density at radius 3 is 2.58 bits per heavy atom. The number of benzene rings is 2. The topological polar surface area (TPSA) is 17.0 Å². The third kappa shape index (κ3) is 4.25. The normalized spacial score (nSPS) is 11.6. The summed E-state index contributed by atoms with van der Waals surface area (Å²) in [4.78, 5) is 0. The maximum Gasteiger partial charge on any atom is 0.0493 e. The summed E-state index contributed by atoms with van der Waals surface area (Å²) in [5.74, 6) is 0.719. The lowest BCUT2D eigenvalue weighted by Crippen LogP contribution is -2.17. The third-order valence-corrected chi connectivity index (χ3v) is 5.49. The van der Waals surface area contributed by atoms with Crippen LogP contribution in [0.1, 0.15) is 37.1 Å². The van der Waals surface area contributed by atoms with Crippen molar-refractivity contribution in [1.29, 1.82) is 0 Å². The summed E-state index contributed by atoms with van der Waals surface area (Å²) < 4.78 is 2.35. The molecule has 0 bridgehead atoms. The second-order valence-electron chi connectivity index (χ2n) is 7.26. The SMILES string of the molecule is Cc1c(CNCCC(C)C)c2ccccc2n1Cc1ccc(Cl)cc1Cl. The highest BCUT2D eigenvalue weighted by molar-refractivity contribution is 6.35. The molecule has 26 heavy (non-hydrogen) atoms. The molecule has 4 heteroatoms. The van der Waals surface area contributed by atoms with Crippen LogP contribution in [-0.4, -0.2) is 11.1 Å². The van der Waals surface area contributed by atoms with Crippen LogP contribution in [0.4, 0.5) is 0 Å². The fourth-order valence-electron chi connectivity index (χ4n) is 3.35. The number of halogens is 2. The molecule has 138 valence electrons. The van der Waals surface area contributed by atoms with E-state index in [0.717, 1.165) is 31.1 Å². The monoisotopic (exact) mass is 388 g/mol. The van der Waals surface area contributed by atoms with Gasteiger partial charge in [-0.3, -0.25) is 0 Å². The van der Waals surface area contributed by atoms with E-state index < -0.39 is 0 Å². The minimum atomic E-state index is 0.669. The first-order chi connectivity index (χ1) is 12.5. The Labute approximate surface area is 166 Å². The van der Waals surface area contributed by atoms with E-state index in [1.165, 1.54) is 28.6 Å². The molecule has 3 aromatic rings. The molecule has 0 saturated heterocycles. The van der Waals surface area contributed by atoms with E-state index in [-0.39, 0.29) is 0 Å². The molecular formula is C22H26Cl2N2. The van der Waals surface area contributed by atoms with Gasteiger partial charge in [0.1, 0.15) is 0 Å². The fraction of sp³-hybridized carbons (Fsp3) is 0.364. The van der Waals surface area contributed by atoms with Crippen molar-refractivity contribution in [2.24, 2.45) is 5.92 Å². The zero-order chi connectivity index (χ0) is 18.7. The van der Waals surface area contributed by atoms with Crippen molar-refractivity contribution in [2.45, 2.75) is 40.3 Å². The zero-order valence-electron chi connectivity index (χ0n) is 15.7. The highest BCUT2D eigenvalue weighted by Gasteiger charge is 2.14. The van der Waals surface area contributed by atoms with Crippen molar-refractivity contribution in [3.05, 3.63) is 69.3 Å². The molecule has 0 unspecified atom stereocenters. The lowest BCUT2D eigenvalue weighted by molar-refractivity contribution is 0.537. The average molecular weight is 389 g/mol. The summed E-state index contributed by atoms with van der Waals surface area (Å²) in [6.07, 6.45) is 1.19. The minimum absolute atomic E-state index is 0.669. The van der Waals surface area contributed by atoms with E-state index in [4.69, 9.17) is 23.2 Å². The van der Waals surface area contributed by atoms with Crippen LogP contribution in [0, 0.1) is 12.8 Å². The van der Waals surface area contributed by atoms with Gasteiger partial charge in [0.25, 0.3) is 0 Å². The summed E-state index contributed by atoms with van der Waals surface area (Å²) in [5.41, 5.74) is 4.99. The van der Waals surface area contributed by atoms with E-state index >= 15 is 0 Å². The molecule has 1 aromatic heterocycles. The number of hydrogen-bond donors (Lipinski definition) is 1. The van der Waals surface area contributed by atoms with Gasteiger partial charge in [-0.2, -0.15) is 0 Å². The van der Waals surface area contributed by atoms with E-state index in [1.54, 1.807) is 0 Å². The summed E-state index contributed by atoms with van der Waals surface area (Å²) in [7, 11) is 0. The summed E-state index contributed by atoms with van der Waals surface area (Å²) >= 11 is 12.5. The highest BCUT2D eigenvalue weighted by Crippen LogP contribution is 2.29. The number of fused-ring (bicyclic) bond motifs is 1. The molecule has 0 aliphatic rings. The van der Waals surface area contributed by atoms with Gasteiger partial charge < -0.3 is 9.88 Å². The van der Waals surface area contributed by atoms with Gasteiger partial charge in [0, 0.05) is 39.7 Å². The molecule has 1 heterocycles. The molecule has 0 radical (unpaired) electrons. The molecule has 0 atom stereocenters. The van der Waals surface area contributed by atoms with Crippen LogP contribution in [0.3, 0.4) is 0 Å². The van der Waals surface area contributed by atoms with Gasteiger partial charge in [0.2, 0.25) is 0 Å². The van der Waals surface area contributed by atoms with Gasteiger partial charge in [-0.1, -0.05) is 61.3 Å². The van der Waals surface area contributed by atoms with Crippen LogP contribution >= 0.6 is 23.2 Å². The summed E-state index contributed by atoms with van der Waals surface area (Å²) in [6, 6.07) is 14.3. The highest BCUT2D eigenvalue weighted by atomic mass is 35.5. The van der Waals surface area contributed by atoms with E-state index in [1.807, 2.05) is 18.2 Å². The Balaban J connectivity index is 1.91. The Kier molecular flexibility index (Phi) is 6.29. The van der Waals surface area contributed by atoms with Crippen LogP contribution in [-0.2, 0) is 13.1 Å². The van der Waals surface area contributed by atoms with Crippen molar-refractivity contribution >= 4 is 34.1 Å². The Hall–Kier alpha value is -1.48. The molecule has 0 aliphatic carbocycles. The van der Waals surface area contributed by atoms with Gasteiger partial charge >= 0.3 is 0 Å². The fourth-order valence-corrected chi connectivity index (χ4v) is 3.82. The van der Waals surface area contributed by atoms with Crippen molar-refractivity contribution in [2.75, 3.05) is 6.54 Å². The first kappa shape index (κ1) is 19.3. The van der Waals surface area contributed by atoms with Crippen molar-refractivity contribution < 1.29 is 0 Å². The first-order valence-electron chi connectivity index (χ1n) is 9.18. The predicted octanol–water partition coefficient (Wildman–Crippen LogP) is 6.44. The largest absolute Gasteiger partial charge is 0.340 e. The maximum atomic E-state index is 6.41. The number of para-hydroxylation sites is 1. The Morgan fingerprint density at radius 2 is 1.85 bits per heavy atom. The molecule has 2 aromatic carbocycles. The van der Waals surface area contributed by atoms with Gasteiger partial charge in [-0.15, -0.1) is 0 Å². The lowest BCUT2D eigenvalue weighted by atomic mass is 10.1. The zero-order valence-corrected chi connectivity index (χ0v) is 17.2. The van der Waals surface area contributed by atoms with E-state index in [0.29, 0.717) is 10.0 Å². The Morgan fingerprint density at radius 1 is 1.08 bits per heavy atom. The maximum absolute atomic E-state index is 6.41. The average Bonchev–Trinajstić information content (AvgIpc) is 2.86. The van der Waals surface area contributed by atoms with Gasteiger partial charge in [0.05, 0.1) is 0 Å². The van der Waals surface area contributed by atoms with Crippen molar-refractivity contribution in [3.63, 3.8) is 0 Å². The van der Waals surface area contributed by atoms with Crippen LogP contribution in [0.5, 0.6) is 0 Å². The minimum Gasteiger partial charge on any atom is -0.340 e. The molecule has 1 N–H and O–H groups in total. The van der Waals surface area contributed by atoms with E-state index in [2.05, 4.69) is 54.9 Å². The van der Waals surface area contributed by atoms with Crippen LogP contribution in [0.2, 0.25) is 10.0 Å². The lowest BCUT2D eigenvalue weighted by Gasteiger charge is -2.11. The third-order valence-electron chi connectivity index (χ3n) is 4.91. The van der Waals surface area contributed by atoms with Gasteiger partial charge in [0.15, 0.2) is 0 Å². The molecule has 0 saturated carbocycles. The van der Waals surface area contributed by atoms with Gasteiger partial charge in [-0.05, 0) is 55.1 Å². The molecular weight excluding hydrogens is 363 g/mol. The molecule has 0 spiro atoms. The predicted molar refractivity (Wildman–Crippen MR) is 113 cm³/mol. The van der Waals surface area contributed by atoms with Crippen LogP contribution < -0.4 is 5.32 Å². The van der Waals surface area contributed by atoms with Crippen LogP contribution in [0.25, 0.3) is 10.9 Å². The quantitative estimate of drug-likeness (QED) is 0.460. The molecule has 0 fully saturated rings. The number of nitrogens with zero attached hydrogens (tertiary/aromatic N) is 1. The number of nitrogens with one attached hydrogen (secondary N) is 1. The molecule has 2 nitrogen and oxygen atoms in total. The first-order valence-corrected chi connectivity index (χ1v) is 9.94. The van der Waals surface area contributed by atoms with Gasteiger partial charge in [-0.25, -0.2) is 0 Å². The van der Waals surface area contributed by atoms with Crippen LogP contribution in [0.15, 0.2) is 42.5 Å². The standard InChI is InChI=1S/C22H26Cl2N2/c1-15(2)10-11-25-13-20-16(3)26(22-7-5-4-6-19(20)22)14-17-8-9-18(23)12-21(17)24/h4-9,12,15,25H,10-11,13-14H2,1-3H3. The summed E-state index contributed by atoms with van der Waals surface area (Å²) in [6.45, 7) is 9.39. The van der Waals surface area contributed by atoms with Crippen molar-refractivity contribution in [1.82, 2.24) is 9.88 Å². The molecule has 3 rings (SSSR count). The number of hydrogen-bond acceptors (Lipinski definition) is 1. The smallest absolute Gasteiger partial charge is 0.0493 e. The summed E-state index contributed by atoms with van der Waals surface area (Å²) in [5, 5.41) is 6.30. The van der Waals surface area contributed by atoms with E-state index in [9.17, 15) is 0 Å². The molecule has 0 aliphatic heterocycles. The Bertz CT molecular complexity index is 897. The number of aromatic nitrogens is 1. The number of rotatable bonds is 7. The second kappa shape index (κ2) is 8.47.